The molecule has 0 aliphatic carbocycles. The third-order valence-electron chi connectivity index (χ3n) is 2.56. The fourth-order valence-electron chi connectivity index (χ4n) is 1.66. The summed E-state index contributed by atoms with van der Waals surface area (Å²) in [6.07, 6.45) is 2.82. The lowest BCUT2D eigenvalue weighted by molar-refractivity contribution is -0.137. The highest BCUT2D eigenvalue weighted by Crippen LogP contribution is 2.23. The van der Waals surface area contributed by atoms with Gasteiger partial charge in [0.25, 0.3) is 0 Å². The number of nitrogens with one attached hydrogen (secondary N) is 2. The molecule has 1 aromatic heterocycles. The van der Waals surface area contributed by atoms with Gasteiger partial charge in [-0.3, -0.25) is 9.48 Å². The minimum Gasteiger partial charge on any atom is -0.480 e. The highest BCUT2D eigenvalue weighted by Gasteiger charge is 2.08. The zero-order valence-electron chi connectivity index (χ0n) is 11.1. The molecule has 0 aliphatic heterocycles. The molecule has 0 bridgehead atoms. The lowest BCUT2D eigenvalue weighted by atomic mass is 10.2. The summed E-state index contributed by atoms with van der Waals surface area (Å²) in [5, 5.41) is 17.7. The number of carboxylic acids is 1. The predicted molar refractivity (Wildman–Crippen MR) is 81.4 cm³/mol. The molecular weight excluding hydrogens is 340 g/mol. The van der Waals surface area contributed by atoms with Crippen molar-refractivity contribution >= 4 is 39.3 Å². The molecule has 7 nitrogen and oxygen atoms in total. The normalized spacial score (nSPS) is 10.2. The van der Waals surface area contributed by atoms with Gasteiger partial charge >= 0.3 is 12.0 Å². The van der Waals surface area contributed by atoms with E-state index >= 15 is 0 Å². The summed E-state index contributed by atoms with van der Waals surface area (Å²) in [4.78, 5) is 22.4. The van der Waals surface area contributed by atoms with E-state index in [1.54, 1.807) is 6.07 Å². The molecule has 0 saturated carbocycles. The Labute approximate surface area is 129 Å². The molecule has 0 fully saturated rings. The Morgan fingerprint density at radius 1 is 1.38 bits per heavy atom. The molecule has 2 aromatic rings. The molecule has 8 heteroatoms. The molecule has 110 valence electrons. The second-order valence-electron chi connectivity index (χ2n) is 4.38. The fraction of sp³-hybridized carbons (Fsp3) is 0.154. The van der Waals surface area contributed by atoms with Crippen molar-refractivity contribution in [3.63, 3.8) is 0 Å². The van der Waals surface area contributed by atoms with Crippen LogP contribution in [0, 0.1) is 6.92 Å². The minimum absolute atomic E-state index is 0.257. The van der Waals surface area contributed by atoms with E-state index in [9.17, 15) is 9.59 Å². The molecule has 1 aromatic carbocycles. The van der Waals surface area contributed by atoms with Crippen molar-refractivity contribution in [3.05, 3.63) is 40.6 Å². The number of aryl methyl sites for hydroxylation is 1. The van der Waals surface area contributed by atoms with E-state index in [2.05, 4.69) is 31.7 Å². The van der Waals surface area contributed by atoms with Gasteiger partial charge in [-0.1, -0.05) is 6.07 Å². The molecule has 0 radical (unpaired) electrons. The lowest BCUT2D eigenvalue weighted by Gasteiger charge is -2.08. The lowest BCUT2D eigenvalue weighted by Crippen LogP contribution is -2.19. The van der Waals surface area contributed by atoms with Gasteiger partial charge in [-0.25, -0.2) is 4.79 Å². The maximum absolute atomic E-state index is 11.9. The van der Waals surface area contributed by atoms with Crippen LogP contribution in [-0.2, 0) is 11.3 Å². The summed E-state index contributed by atoms with van der Waals surface area (Å²) >= 11 is 3.37. The van der Waals surface area contributed by atoms with Crippen LogP contribution in [0.15, 0.2) is 35.1 Å². The van der Waals surface area contributed by atoms with Crippen LogP contribution < -0.4 is 10.6 Å². The number of aliphatic carboxylic acids is 1. The predicted octanol–water partition coefficient (Wildman–Crippen LogP) is 2.68. The number of amides is 2. The van der Waals surface area contributed by atoms with Crippen molar-refractivity contribution < 1.29 is 14.7 Å². The zero-order valence-corrected chi connectivity index (χ0v) is 12.7. The second-order valence-corrected chi connectivity index (χ2v) is 5.24. The van der Waals surface area contributed by atoms with Crippen molar-refractivity contribution in [1.29, 1.82) is 0 Å². The summed E-state index contributed by atoms with van der Waals surface area (Å²) in [7, 11) is 0. The van der Waals surface area contributed by atoms with Crippen molar-refractivity contribution in [1.82, 2.24) is 9.78 Å². The van der Waals surface area contributed by atoms with E-state index in [0.29, 0.717) is 11.4 Å². The monoisotopic (exact) mass is 352 g/mol. The van der Waals surface area contributed by atoms with Crippen LogP contribution in [-0.4, -0.2) is 26.9 Å². The summed E-state index contributed by atoms with van der Waals surface area (Å²) in [5.74, 6) is -1.00. The zero-order chi connectivity index (χ0) is 15.4. The number of halogens is 1. The standard InChI is InChI=1S/C13H13BrN4O3/c1-8-2-3-11(10(14)4-8)17-13(21)16-9-5-15-18(6-9)7-12(19)20/h2-6H,7H2,1H3,(H,19,20)(H2,16,17,21). The van der Waals surface area contributed by atoms with Gasteiger partial charge in [-0.05, 0) is 40.5 Å². The number of hydrogen-bond donors (Lipinski definition) is 3. The molecule has 2 rings (SSSR count). The molecule has 0 spiro atoms. The largest absolute Gasteiger partial charge is 0.480 e. The second kappa shape index (κ2) is 6.40. The van der Waals surface area contributed by atoms with E-state index in [1.165, 1.54) is 17.1 Å². The number of carbonyl (C=O) groups is 2. The van der Waals surface area contributed by atoms with Crippen molar-refractivity contribution in [2.45, 2.75) is 13.5 Å². The third kappa shape index (κ3) is 4.32. The maximum atomic E-state index is 11.9. The minimum atomic E-state index is -1.00. The van der Waals surface area contributed by atoms with E-state index in [4.69, 9.17) is 5.11 Å². The van der Waals surface area contributed by atoms with Gasteiger partial charge in [0, 0.05) is 10.7 Å². The van der Waals surface area contributed by atoms with Crippen LogP contribution >= 0.6 is 15.9 Å². The summed E-state index contributed by atoms with van der Waals surface area (Å²) in [6.45, 7) is 1.69. The van der Waals surface area contributed by atoms with Gasteiger partial charge in [0.1, 0.15) is 6.54 Å². The topological polar surface area (TPSA) is 96.3 Å². The van der Waals surface area contributed by atoms with Crippen LogP contribution in [0.5, 0.6) is 0 Å². The number of benzene rings is 1. The first-order chi connectivity index (χ1) is 9.94. The summed E-state index contributed by atoms with van der Waals surface area (Å²) in [5.41, 5.74) is 2.12. The number of aromatic nitrogens is 2. The molecule has 2 amide bonds. The van der Waals surface area contributed by atoms with Crippen LogP contribution in [0.1, 0.15) is 5.56 Å². The van der Waals surface area contributed by atoms with Gasteiger partial charge in [0.2, 0.25) is 0 Å². The van der Waals surface area contributed by atoms with Gasteiger partial charge < -0.3 is 15.7 Å². The quantitative estimate of drug-likeness (QED) is 0.787. The molecule has 3 N–H and O–H groups in total. The average molecular weight is 353 g/mol. The number of urea groups is 1. The van der Waals surface area contributed by atoms with Gasteiger partial charge in [-0.2, -0.15) is 5.10 Å². The Bertz CT molecular complexity index is 684. The summed E-state index contributed by atoms with van der Waals surface area (Å²) < 4.78 is 2.00. The number of hydrogen-bond acceptors (Lipinski definition) is 3. The Morgan fingerprint density at radius 2 is 2.14 bits per heavy atom. The first-order valence-corrected chi connectivity index (χ1v) is 6.82. The molecule has 0 unspecified atom stereocenters. The van der Waals surface area contributed by atoms with Crippen LogP contribution in [0.2, 0.25) is 0 Å². The summed E-state index contributed by atoms with van der Waals surface area (Å²) in [6, 6.07) is 5.12. The van der Waals surface area contributed by atoms with E-state index in [0.717, 1.165) is 10.0 Å². The van der Waals surface area contributed by atoms with E-state index in [1.807, 2.05) is 19.1 Å². The number of nitrogens with zero attached hydrogens (tertiary/aromatic N) is 2. The van der Waals surface area contributed by atoms with Crippen LogP contribution in [0.4, 0.5) is 16.2 Å². The van der Waals surface area contributed by atoms with Gasteiger partial charge in [-0.15, -0.1) is 0 Å². The molecule has 1 heterocycles. The third-order valence-corrected chi connectivity index (χ3v) is 3.22. The number of anilines is 2. The number of carboxylic acid groups (broad SMARTS) is 1. The van der Waals surface area contributed by atoms with E-state index in [-0.39, 0.29) is 6.54 Å². The molecular formula is C13H13BrN4O3. The Kier molecular flexibility index (Phi) is 4.59. The van der Waals surface area contributed by atoms with Gasteiger partial charge in [0.05, 0.1) is 17.6 Å². The first kappa shape index (κ1) is 15.0. The van der Waals surface area contributed by atoms with Crippen molar-refractivity contribution in [2.24, 2.45) is 0 Å². The molecule has 21 heavy (non-hydrogen) atoms. The Balaban J connectivity index is 1.98. The smallest absolute Gasteiger partial charge is 0.325 e. The molecule has 0 atom stereocenters. The number of rotatable bonds is 4. The Hall–Kier alpha value is -2.35. The first-order valence-electron chi connectivity index (χ1n) is 6.02. The SMILES string of the molecule is Cc1ccc(NC(=O)Nc2cnn(CC(=O)O)c2)c(Br)c1. The van der Waals surface area contributed by atoms with Crippen molar-refractivity contribution in [2.75, 3.05) is 10.6 Å². The maximum Gasteiger partial charge on any atom is 0.325 e. The van der Waals surface area contributed by atoms with Gasteiger partial charge in [0.15, 0.2) is 0 Å². The fourth-order valence-corrected chi connectivity index (χ4v) is 2.25. The highest BCUT2D eigenvalue weighted by molar-refractivity contribution is 9.10. The number of carbonyl (C=O) groups excluding carboxylic acids is 1. The molecule has 0 aliphatic rings. The highest BCUT2D eigenvalue weighted by atomic mass is 79.9. The van der Waals surface area contributed by atoms with Crippen LogP contribution in [0.3, 0.4) is 0 Å². The Morgan fingerprint density at radius 3 is 2.81 bits per heavy atom. The van der Waals surface area contributed by atoms with E-state index < -0.39 is 12.0 Å². The van der Waals surface area contributed by atoms with Crippen LogP contribution in [0.25, 0.3) is 0 Å². The average Bonchev–Trinajstić information content (AvgIpc) is 2.79. The van der Waals surface area contributed by atoms with Crippen molar-refractivity contribution in [3.8, 4) is 0 Å². The molecule has 0 saturated heterocycles.